The third kappa shape index (κ3) is 4.24. The van der Waals surface area contributed by atoms with Crippen LogP contribution in [0.25, 0.3) is 0 Å². The van der Waals surface area contributed by atoms with Crippen molar-refractivity contribution in [3.8, 4) is 5.75 Å². The van der Waals surface area contributed by atoms with Gasteiger partial charge in [-0.25, -0.2) is 0 Å². The maximum atomic E-state index is 12.1. The largest absolute Gasteiger partial charge is 0.495 e. The van der Waals surface area contributed by atoms with Crippen molar-refractivity contribution in [1.29, 1.82) is 0 Å². The molecular weight excluding hydrogens is 340 g/mol. The number of aromatic nitrogens is 2. The summed E-state index contributed by atoms with van der Waals surface area (Å²) in [6.45, 7) is 0. The van der Waals surface area contributed by atoms with Crippen LogP contribution in [-0.2, 0) is 0 Å². The van der Waals surface area contributed by atoms with Gasteiger partial charge >= 0.3 is 0 Å². The predicted molar refractivity (Wildman–Crippen MR) is 97.7 cm³/mol. The number of amides is 1. The Morgan fingerprint density at radius 1 is 1.00 bits per heavy atom. The molecule has 7 heteroatoms. The van der Waals surface area contributed by atoms with Crippen LogP contribution in [0.15, 0.2) is 60.7 Å². The van der Waals surface area contributed by atoms with Gasteiger partial charge in [-0.1, -0.05) is 29.8 Å². The molecule has 3 aromatic rings. The lowest BCUT2D eigenvalue weighted by molar-refractivity contribution is 0.102. The summed E-state index contributed by atoms with van der Waals surface area (Å²) >= 11 is 6.09. The quantitative estimate of drug-likeness (QED) is 0.720. The Morgan fingerprint density at radius 3 is 2.44 bits per heavy atom. The number of carbonyl (C=O) groups is 1. The second-order valence-corrected chi connectivity index (χ2v) is 5.51. The van der Waals surface area contributed by atoms with Gasteiger partial charge in [0.25, 0.3) is 5.91 Å². The molecule has 0 radical (unpaired) electrons. The summed E-state index contributed by atoms with van der Waals surface area (Å²) < 4.78 is 5.11. The summed E-state index contributed by atoms with van der Waals surface area (Å²) in [6, 6.07) is 17.7. The number of hydrogen-bond donors (Lipinski definition) is 2. The van der Waals surface area contributed by atoms with Crippen molar-refractivity contribution < 1.29 is 9.53 Å². The lowest BCUT2D eigenvalue weighted by Gasteiger charge is -2.08. The zero-order chi connectivity index (χ0) is 17.6. The summed E-state index contributed by atoms with van der Waals surface area (Å²) in [5.74, 6) is 0.765. The van der Waals surface area contributed by atoms with Gasteiger partial charge in [0.2, 0.25) is 0 Å². The number of benzene rings is 2. The van der Waals surface area contributed by atoms with Crippen LogP contribution in [0.4, 0.5) is 17.2 Å². The Hall–Kier alpha value is -3.12. The topological polar surface area (TPSA) is 76.1 Å². The summed E-state index contributed by atoms with van der Waals surface area (Å²) in [7, 11) is 1.55. The number of methoxy groups -OCH3 is 1. The molecule has 0 aliphatic carbocycles. The molecule has 126 valence electrons. The zero-order valence-electron chi connectivity index (χ0n) is 13.4. The first-order valence-electron chi connectivity index (χ1n) is 7.46. The molecule has 2 aromatic carbocycles. The highest BCUT2D eigenvalue weighted by atomic mass is 35.5. The van der Waals surface area contributed by atoms with E-state index in [0.29, 0.717) is 22.3 Å². The second kappa shape index (κ2) is 7.63. The first kappa shape index (κ1) is 16.7. The van der Waals surface area contributed by atoms with Crippen molar-refractivity contribution in [2.45, 2.75) is 0 Å². The first-order valence-corrected chi connectivity index (χ1v) is 7.84. The number of para-hydroxylation sites is 1. The number of anilines is 3. The number of hydrogen-bond acceptors (Lipinski definition) is 5. The molecule has 3 rings (SSSR count). The second-order valence-electron chi connectivity index (χ2n) is 5.10. The lowest BCUT2D eigenvalue weighted by atomic mass is 10.3. The van der Waals surface area contributed by atoms with Crippen LogP contribution in [0.5, 0.6) is 5.75 Å². The van der Waals surface area contributed by atoms with Crippen molar-refractivity contribution in [3.63, 3.8) is 0 Å². The van der Waals surface area contributed by atoms with Crippen LogP contribution < -0.4 is 15.4 Å². The summed E-state index contributed by atoms with van der Waals surface area (Å²) in [4.78, 5) is 12.1. The molecular formula is C18H15ClN4O2. The molecule has 0 saturated carbocycles. The summed E-state index contributed by atoms with van der Waals surface area (Å²) in [6.07, 6.45) is 0. The fourth-order valence-electron chi connectivity index (χ4n) is 2.13. The van der Waals surface area contributed by atoms with Crippen LogP contribution in [-0.4, -0.2) is 23.2 Å². The number of nitrogens with one attached hydrogen (secondary N) is 2. The minimum Gasteiger partial charge on any atom is -0.495 e. The highest BCUT2D eigenvalue weighted by Gasteiger charge is 2.09. The fourth-order valence-corrected chi connectivity index (χ4v) is 2.39. The van der Waals surface area contributed by atoms with Gasteiger partial charge in [0.15, 0.2) is 11.5 Å². The third-order valence-electron chi connectivity index (χ3n) is 3.35. The number of ether oxygens (including phenoxy) is 1. The number of nitrogens with zero attached hydrogens (tertiary/aromatic N) is 2. The maximum absolute atomic E-state index is 12.1. The molecule has 1 aromatic heterocycles. The van der Waals surface area contributed by atoms with Crippen LogP contribution in [0, 0.1) is 0 Å². The Balaban J connectivity index is 1.67. The van der Waals surface area contributed by atoms with E-state index in [-0.39, 0.29) is 11.6 Å². The zero-order valence-corrected chi connectivity index (χ0v) is 14.1. The van der Waals surface area contributed by atoms with Gasteiger partial charge in [-0.3, -0.25) is 4.79 Å². The fraction of sp³-hybridized carbons (Fsp3) is 0.0556. The van der Waals surface area contributed by atoms with E-state index in [1.165, 1.54) is 0 Å². The Morgan fingerprint density at radius 2 is 1.80 bits per heavy atom. The van der Waals surface area contributed by atoms with Gasteiger partial charge in [0.1, 0.15) is 5.75 Å². The van der Waals surface area contributed by atoms with Gasteiger partial charge in [-0.05, 0) is 42.5 Å². The minimum atomic E-state index is -0.322. The standard InChI is InChI=1S/C18H15ClN4O2/c1-25-16-9-7-13(11-14(16)19)20-17-10-8-15(22-23-17)18(24)21-12-5-3-2-4-6-12/h2-11H,1H3,(H,20,23)(H,21,24). The van der Waals surface area contributed by atoms with Crippen molar-refractivity contribution in [3.05, 3.63) is 71.4 Å². The van der Waals surface area contributed by atoms with Crippen LogP contribution in [0.2, 0.25) is 5.02 Å². The minimum absolute atomic E-state index is 0.224. The molecule has 0 saturated heterocycles. The highest BCUT2D eigenvalue weighted by Crippen LogP contribution is 2.28. The SMILES string of the molecule is COc1ccc(Nc2ccc(C(=O)Nc3ccccc3)nn2)cc1Cl. The first-order chi connectivity index (χ1) is 12.2. The van der Waals surface area contributed by atoms with E-state index in [1.54, 1.807) is 43.5 Å². The number of rotatable bonds is 5. The van der Waals surface area contributed by atoms with Crippen LogP contribution in [0.1, 0.15) is 10.5 Å². The molecule has 0 aliphatic heterocycles. The lowest BCUT2D eigenvalue weighted by Crippen LogP contribution is -2.14. The third-order valence-corrected chi connectivity index (χ3v) is 3.65. The van der Waals surface area contributed by atoms with Crippen molar-refractivity contribution >= 4 is 34.7 Å². The van der Waals surface area contributed by atoms with E-state index in [2.05, 4.69) is 20.8 Å². The van der Waals surface area contributed by atoms with E-state index in [0.717, 1.165) is 5.69 Å². The normalized spacial score (nSPS) is 10.2. The van der Waals surface area contributed by atoms with Crippen molar-refractivity contribution in [2.75, 3.05) is 17.7 Å². The molecule has 2 N–H and O–H groups in total. The molecule has 6 nitrogen and oxygen atoms in total. The van der Waals surface area contributed by atoms with Crippen LogP contribution >= 0.6 is 11.6 Å². The molecule has 1 heterocycles. The molecule has 1 amide bonds. The van der Waals surface area contributed by atoms with Gasteiger partial charge in [-0.15, -0.1) is 10.2 Å². The van der Waals surface area contributed by atoms with Crippen molar-refractivity contribution in [2.24, 2.45) is 0 Å². The number of carbonyl (C=O) groups excluding carboxylic acids is 1. The molecule has 0 atom stereocenters. The van der Waals surface area contributed by atoms with E-state index in [9.17, 15) is 4.79 Å². The molecule has 25 heavy (non-hydrogen) atoms. The van der Waals surface area contributed by atoms with E-state index < -0.39 is 0 Å². The van der Waals surface area contributed by atoms with Gasteiger partial charge in [0, 0.05) is 11.4 Å². The van der Waals surface area contributed by atoms with Crippen LogP contribution in [0.3, 0.4) is 0 Å². The Labute approximate surface area is 149 Å². The van der Waals surface area contributed by atoms with E-state index >= 15 is 0 Å². The molecule has 0 spiro atoms. The highest BCUT2D eigenvalue weighted by molar-refractivity contribution is 6.32. The predicted octanol–water partition coefficient (Wildman–Crippen LogP) is 4.13. The molecule has 0 fully saturated rings. The van der Waals surface area contributed by atoms with E-state index in [1.807, 2.05) is 24.3 Å². The monoisotopic (exact) mass is 354 g/mol. The molecule has 0 bridgehead atoms. The Kier molecular flexibility index (Phi) is 5.11. The smallest absolute Gasteiger partial charge is 0.276 e. The van der Waals surface area contributed by atoms with E-state index in [4.69, 9.17) is 16.3 Å². The molecule has 0 aliphatic rings. The average Bonchev–Trinajstić information content (AvgIpc) is 2.63. The van der Waals surface area contributed by atoms with Gasteiger partial charge in [-0.2, -0.15) is 0 Å². The summed E-state index contributed by atoms with van der Waals surface area (Å²) in [5.41, 5.74) is 1.66. The summed E-state index contributed by atoms with van der Waals surface area (Å²) in [5, 5.41) is 14.3. The number of halogens is 1. The average molecular weight is 355 g/mol. The molecule has 0 unspecified atom stereocenters. The van der Waals surface area contributed by atoms with Crippen molar-refractivity contribution in [1.82, 2.24) is 10.2 Å². The van der Waals surface area contributed by atoms with Gasteiger partial charge < -0.3 is 15.4 Å². The maximum Gasteiger partial charge on any atom is 0.276 e. The Bertz CT molecular complexity index is 870. The van der Waals surface area contributed by atoms with Gasteiger partial charge in [0.05, 0.1) is 12.1 Å².